The van der Waals surface area contributed by atoms with Crippen LogP contribution in [0, 0.1) is 16.7 Å². The highest BCUT2D eigenvalue weighted by molar-refractivity contribution is 5.95. The van der Waals surface area contributed by atoms with Crippen LogP contribution in [0.5, 0.6) is 0 Å². The number of nitrogens with one attached hydrogen (secondary N) is 4. The SMILES string of the molecule is C/C(N)=C(\C=C/C(C)C)CC/C=C/NC(=N)NC(=N)N. The average Bonchev–Trinajstić information content (AvgIpc) is 2.30. The second-order valence-corrected chi connectivity index (χ2v) is 4.81. The first-order valence-electron chi connectivity index (χ1n) is 6.57. The summed E-state index contributed by atoms with van der Waals surface area (Å²) < 4.78 is 0. The third kappa shape index (κ3) is 9.76. The molecule has 0 spiro atoms. The summed E-state index contributed by atoms with van der Waals surface area (Å²) in [6.45, 7) is 6.14. The Morgan fingerprint density at radius 1 is 1.25 bits per heavy atom. The Morgan fingerprint density at radius 3 is 2.40 bits per heavy atom. The van der Waals surface area contributed by atoms with Gasteiger partial charge in [-0.2, -0.15) is 0 Å². The zero-order chi connectivity index (χ0) is 15.5. The predicted octanol–water partition coefficient (Wildman–Crippen LogP) is 1.73. The Kier molecular flexibility index (Phi) is 8.58. The van der Waals surface area contributed by atoms with E-state index in [1.54, 1.807) is 6.20 Å². The molecule has 8 N–H and O–H groups in total. The quantitative estimate of drug-likeness (QED) is 0.251. The van der Waals surface area contributed by atoms with Crippen molar-refractivity contribution in [2.75, 3.05) is 0 Å². The molecule has 0 unspecified atom stereocenters. The van der Waals surface area contributed by atoms with Crippen molar-refractivity contribution in [3.8, 4) is 0 Å². The molecule has 112 valence electrons. The third-order valence-corrected chi connectivity index (χ3v) is 2.37. The maximum absolute atomic E-state index is 7.39. The number of hydrogen-bond acceptors (Lipinski definition) is 3. The molecule has 0 bridgehead atoms. The molecular weight excluding hydrogens is 252 g/mol. The van der Waals surface area contributed by atoms with Gasteiger partial charge in [0.1, 0.15) is 0 Å². The summed E-state index contributed by atoms with van der Waals surface area (Å²) in [4.78, 5) is 0. The van der Waals surface area contributed by atoms with E-state index in [1.165, 1.54) is 0 Å². The number of allylic oxidation sites excluding steroid dienone is 5. The largest absolute Gasteiger partial charge is 0.402 e. The maximum atomic E-state index is 7.39. The summed E-state index contributed by atoms with van der Waals surface area (Å²) in [5, 5.41) is 19.4. The monoisotopic (exact) mass is 278 g/mol. The molecule has 0 aromatic carbocycles. The summed E-state index contributed by atoms with van der Waals surface area (Å²) in [5.74, 6) is 0.206. The van der Waals surface area contributed by atoms with Gasteiger partial charge >= 0.3 is 0 Å². The summed E-state index contributed by atoms with van der Waals surface area (Å²) in [7, 11) is 0. The van der Waals surface area contributed by atoms with Gasteiger partial charge in [0, 0.05) is 5.70 Å². The van der Waals surface area contributed by atoms with E-state index in [-0.39, 0.29) is 11.9 Å². The van der Waals surface area contributed by atoms with Gasteiger partial charge in [-0.3, -0.25) is 16.1 Å². The number of nitrogens with two attached hydrogens (primary N) is 2. The molecule has 0 aromatic rings. The molecular formula is C14H26N6. The minimum atomic E-state index is -0.265. The maximum Gasteiger partial charge on any atom is 0.199 e. The lowest BCUT2D eigenvalue weighted by molar-refractivity contribution is 0.827. The van der Waals surface area contributed by atoms with Crippen LogP contribution in [-0.2, 0) is 0 Å². The lowest BCUT2D eigenvalue weighted by atomic mass is 10.1. The predicted molar refractivity (Wildman–Crippen MR) is 85.2 cm³/mol. The molecule has 0 heterocycles. The van der Waals surface area contributed by atoms with Crippen molar-refractivity contribution in [3.63, 3.8) is 0 Å². The smallest absolute Gasteiger partial charge is 0.199 e. The molecule has 0 aromatic heterocycles. The van der Waals surface area contributed by atoms with Crippen molar-refractivity contribution in [2.24, 2.45) is 17.4 Å². The van der Waals surface area contributed by atoms with Gasteiger partial charge in [-0.1, -0.05) is 32.1 Å². The van der Waals surface area contributed by atoms with E-state index in [2.05, 4.69) is 36.6 Å². The summed E-state index contributed by atoms with van der Waals surface area (Å²) in [6.07, 6.45) is 9.40. The van der Waals surface area contributed by atoms with Crippen LogP contribution in [0.4, 0.5) is 0 Å². The van der Waals surface area contributed by atoms with Crippen molar-refractivity contribution in [1.82, 2.24) is 10.6 Å². The molecule has 0 saturated carbocycles. The highest BCUT2D eigenvalue weighted by atomic mass is 15.2. The van der Waals surface area contributed by atoms with Crippen LogP contribution in [-0.4, -0.2) is 11.9 Å². The molecule has 0 saturated heterocycles. The Labute approximate surface area is 121 Å². The van der Waals surface area contributed by atoms with Gasteiger partial charge < -0.3 is 16.8 Å². The number of rotatable bonds is 6. The van der Waals surface area contributed by atoms with E-state index < -0.39 is 0 Å². The Bertz CT molecular complexity index is 413. The third-order valence-electron chi connectivity index (χ3n) is 2.37. The fraction of sp³-hybridized carbons (Fsp3) is 0.429. The van der Waals surface area contributed by atoms with Gasteiger partial charge in [0.05, 0.1) is 0 Å². The number of hydrogen-bond donors (Lipinski definition) is 6. The lowest BCUT2D eigenvalue weighted by Gasteiger charge is -2.05. The molecule has 0 rings (SSSR count). The first-order chi connectivity index (χ1) is 9.32. The summed E-state index contributed by atoms with van der Waals surface area (Å²) in [6, 6.07) is 0. The average molecular weight is 278 g/mol. The Balaban J connectivity index is 4.17. The van der Waals surface area contributed by atoms with Gasteiger partial charge in [0.2, 0.25) is 0 Å². The zero-order valence-corrected chi connectivity index (χ0v) is 12.5. The van der Waals surface area contributed by atoms with Crippen LogP contribution in [0.15, 0.2) is 35.7 Å². The van der Waals surface area contributed by atoms with Gasteiger partial charge in [0.25, 0.3) is 0 Å². The molecule has 0 amide bonds. The fourth-order valence-corrected chi connectivity index (χ4v) is 1.36. The van der Waals surface area contributed by atoms with E-state index in [1.807, 2.05) is 13.0 Å². The van der Waals surface area contributed by atoms with Crippen LogP contribution in [0.2, 0.25) is 0 Å². The zero-order valence-electron chi connectivity index (χ0n) is 12.5. The van der Waals surface area contributed by atoms with E-state index in [4.69, 9.17) is 22.3 Å². The van der Waals surface area contributed by atoms with Crippen LogP contribution in [0.25, 0.3) is 0 Å². The minimum Gasteiger partial charge on any atom is -0.402 e. The second kappa shape index (κ2) is 9.66. The molecule has 6 heteroatoms. The van der Waals surface area contributed by atoms with Crippen LogP contribution >= 0.6 is 0 Å². The molecule has 20 heavy (non-hydrogen) atoms. The van der Waals surface area contributed by atoms with Gasteiger partial charge in [-0.25, -0.2) is 0 Å². The summed E-state index contributed by atoms with van der Waals surface area (Å²) in [5.41, 5.74) is 12.9. The highest BCUT2D eigenvalue weighted by Gasteiger charge is 1.96. The molecule has 0 atom stereocenters. The van der Waals surface area contributed by atoms with E-state index in [0.29, 0.717) is 5.92 Å². The molecule has 0 fully saturated rings. The standard InChI is InChI=1S/C14H26N6/c1-10(2)7-8-12(11(3)15)6-4-5-9-19-14(18)20-13(16)17/h5,7-10H,4,6,15H2,1-3H3,(H6,16,17,18,19,20)/b8-7-,9-5+,12-11+. The van der Waals surface area contributed by atoms with Gasteiger partial charge in [-0.15, -0.1) is 0 Å². The van der Waals surface area contributed by atoms with Gasteiger partial charge in [0.15, 0.2) is 11.9 Å². The van der Waals surface area contributed by atoms with Crippen molar-refractivity contribution < 1.29 is 0 Å². The van der Waals surface area contributed by atoms with E-state index in [0.717, 1.165) is 24.1 Å². The molecule has 0 aliphatic heterocycles. The second-order valence-electron chi connectivity index (χ2n) is 4.81. The first-order valence-corrected chi connectivity index (χ1v) is 6.57. The molecule has 0 aliphatic carbocycles. The number of guanidine groups is 2. The Morgan fingerprint density at radius 2 is 1.90 bits per heavy atom. The van der Waals surface area contributed by atoms with Crippen molar-refractivity contribution >= 4 is 11.9 Å². The molecule has 0 aliphatic rings. The van der Waals surface area contributed by atoms with Crippen LogP contribution < -0.4 is 22.1 Å². The Hall–Kier alpha value is -2.24. The minimum absolute atomic E-state index is 0.0285. The normalized spacial score (nSPS) is 12.8. The van der Waals surface area contributed by atoms with Crippen LogP contribution in [0.3, 0.4) is 0 Å². The van der Waals surface area contributed by atoms with Gasteiger partial charge in [-0.05, 0) is 37.5 Å². The molecule has 0 radical (unpaired) electrons. The van der Waals surface area contributed by atoms with Crippen LogP contribution in [0.1, 0.15) is 33.6 Å². The van der Waals surface area contributed by atoms with E-state index >= 15 is 0 Å². The first kappa shape index (κ1) is 17.8. The fourth-order valence-electron chi connectivity index (χ4n) is 1.36. The van der Waals surface area contributed by atoms with Crippen molar-refractivity contribution in [3.05, 3.63) is 35.7 Å². The van der Waals surface area contributed by atoms with Crippen molar-refractivity contribution in [2.45, 2.75) is 33.6 Å². The summed E-state index contributed by atoms with van der Waals surface area (Å²) >= 11 is 0. The highest BCUT2D eigenvalue weighted by Crippen LogP contribution is 2.11. The topological polar surface area (TPSA) is 124 Å². The molecule has 6 nitrogen and oxygen atoms in total. The lowest BCUT2D eigenvalue weighted by Crippen LogP contribution is -2.41. The van der Waals surface area contributed by atoms with E-state index in [9.17, 15) is 0 Å². The van der Waals surface area contributed by atoms with Crippen molar-refractivity contribution in [1.29, 1.82) is 10.8 Å².